The van der Waals surface area contributed by atoms with Crippen LogP contribution in [-0.4, -0.2) is 30.1 Å². The minimum Gasteiger partial charge on any atom is -0.506 e. The highest BCUT2D eigenvalue weighted by atomic mass is 16.3. The van der Waals surface area contributed by atoms with Crippen molar-refractivity contribution in [1.29, 1.82) is 0 Å². The quantitative estimate of drug-likeness (QED) is 0.218. The van der Waals surface area contributed by atoms with Crippen LogP contribution in [0.2, 0.25) is 0 Å². The first-order chi connectivity index (χ1) is 20.7. The van der Waals surface area contributed by atoms with Gasteiger partial charge in [0.2, 0.25) is 0 Å². The molecule has 0 saturated carbocycles. The molecule has 0 aliphatic carbocycles. The van der Waals surface area contributed by atoms with Gasteiger partial charge in [0.05, 0.1) is 0 Å². The molecule has 0 fully saturated rings. The van der Waals surface area contributed by atoms with Crippen LogP contribution in [-0.2, 0) is 0 Å². The number of aromatic nitrogens is 4. The van der Waals surface area contributed by atoms with Gasteiger partial charge in [-0.05, 0) is 74.6 Å². The zero-order valence-corrected chi connectivity index (χ0v) is 22.2. The molecule has 198 valence electrons. The van der Waals surface area contributed by atoms with E-state index in [9.17, 15) is 10.2 Å². The van der Waals surface area contributed by atoms with Crippen molar-refractivity contribution in [1.82, 2.24) is 19.9 Å². The number of phenolic OH excluding ortho intramolecular Hbond substituents is 2. The van der Waals surface area contributed by atoms with E-state index in [0.29, 0.717) is 16.6 Å². The molecule has 42 heavy (non-hydrogen) atoms. The summed E-state index contributed by atoms with van der Waals surface area (Å²) in [5, 5.41) is 28.0. The second-order valence-corrected chi connectivity index (χ2v) is 10.3. The molecule has 3 aromatic heterocycles. The Balaban J connectivity index is 1.57. The fraction of sp³-hybridized carbons (Fsp3) is 0. The molecule has 8 aromatic rings. The maximum absolute atomic E-state index is 11.6. The lowest BCUT2D eigenvalue weighted by Gasteiger charge is -2.20. The SMILES string of the molecule is Oc1c(-c2c3ccccc3c(-c3ccc(O)c4ncccc34)c3ccc(-c4cncnc4)cc23)ccc2cccnc12. The van der Waals surface area contributed by atoms with Crippen molar-refractivity contribution in [3.05, 3.63) is 122 Å². The molecule has 0 unspecified atom stereocenters. The van der Waals surface area contributed by atoms with Crippen molar-refractivity contribution in [2.75, 3.05) is 0 Å². The van der Waals surface area contributed by atoms with Gasteiger partial charge in [-0.3, -0.25) is 9.97 Å². The van der Waals surface area contributed by atoms with Gasteiger partial charge in [-0.25, -0.2) is 9.97 Å². The van der Waals surface area contributed by atoms with Crippen molar-refractivity contribution >= 4 is 43.4 Å². The maximum Gasteiger partial charge on any atom is 0.149 e. The number of pyridine rings is 2. The lowest BCUT2D eigenvalue weighted by Crippen LogP contribution is -1.94. The Bertz CT molecular complexity index is 2340. The molecular formula is C36H22N4O2. The van der Waals surface area contributed by atoms with E-state index in [1.807, 2.05) is 54.6 Å². The minimum absolute atomic E-state index is 0.138. The molecule has 6 heteroatoms. The number of phenols is 2. The average Bonchev–Trinajstić information content (AvgIpc) is 3.05. The van der Waals surface area contributed by atoms with Crippen LogP contribution in [0.25, 0.3) is 76.7 Å². The molecule has 0 saturated heterocycles. The van der Waals surface area contributed by atoms with E-state index in [2.05, 4.69) is 50.3 Å². The Morgan fingerprint density at radius 1 is 0.500 bits per heavy atom. The first-order valence-electron chi connectivity index (χ1n) is 13.6. The predicted molar refractivity (Wildman–Crippen MR) is 167 cm³/mol. The summed E-state index contributed by atoms with van der Waals surface area (Å²) in [7, 11) is 0. The topological polar surface area (TPSA) is 92.0 Å². The van der Waals surface area contributed by atoms with Gasteiger partial charge in [-0.1, -0.05) is 54.6 Å². The molecule has 0 amide bonds. The highest BCUT2D eigenvalue weighted by Gasteiger charge is 2.22. The predicted octanol–water partition coefficient (Wildman–Crippen LogP) is 8.29. The minimum atomic E-state index is 0.138. The van der Waals surface area contributed by atoms with E-state index in [-0.39, 0.29) is 11.5 Å². The van der Waals surface area contributed by atoms with Crippen LogP contribution >= 0.6 is 0 Å². The Hall–Kier alpha value is -5.88. The Morgan fingerprint density at radius 2 is 1.17 bits per heavy atom. The van der Waals surface area contributed by atoms with E-state index >= 15 is 0 Å². The van der Waals surface area contributed by atoms with Crippen LogP contribution in [0.15, 0.2) is 122 Å². The van der Waals surface area contributed by atoms with Crippen molar-refractivity contribution in [3.63, 3.8) is 0 Å². The van der Waals surface area contributed by atoms with Gasteiger partial charge in [0.1, 0.15) is 28.9 Å². The number of hydrogen-bond acceptors (Lipinski definition) is 6. The van der Waals surface area contributed by atoms with Gasteiger partial charge in [-0.2, -0.15) is 0 Å². The fourth-order valence-corrected chi connectivity index (χ4v) is 6.09. The van der Waals surface area contributed by atoms with Crippen LogP contribution in [0.5, 0.6) is 11.5 Å². The standard InChI is InChI=1S/C36H22N4O2/c41-31-14-13-26(28-8-4-16-40-35(28)31)32-24-6-1-2-7-25(24)33(29-12-9-21-5-3-15-39-34(21)36(29)42)30-17-22(10-11-27(30)32)23-18-37-20-38-19-23/h1-20,41-42H. The van der Waals surface area contributed by atoms with E-state index in [1.54, 1.807) is 30.9 Å². The molecule has 0 atom stereocenters. The highest BCUT2D eigenvalue weighted by molar-refractivity contribution is 6.24. The third-order valence-electron chi connectivity index (χ3n) is 7.95. The number of benzene rings is 5. The first kappa shape index (κ1) is 24.0. The summed E-state index contributed by atoms with van der Waals surface area (Å²) in [5.74, 6) is 0.277. The van der Waals surface area contributed by atoms with E-state index in [0.717, 1.165) is 60.1 Å². The van der Waals surface area contributed by atoms with E-state index in [1.165, 1.54) is 6.33 Å². The van der Waals surface area contributed by atoms with Gasteiger partial charge >= 0.3 is 0 Å². The second kappa shape index (κ2) is 9.35. The third kappa shape index (κ3) is 3.59. The normalized spacial score (nSPS) is 11.5. The van der Waals surface area contributed by atoms with Crippen molar-refractivity contribution in [2.45, 2.75) is 0 Å². The Morgan fingerprint density at radius 3 is 1.98 bits per heavy atom. The van der Waals surface area contributed by atoms with Crippen molar-refractivity contribution in [3.8, 4) is 44.9 Å². The van der Waals surface area contributed by atoms with Crippen LogP contribution in [0.4, 0.5) is 0 Å². The van der Waals surface area contributed by atoms with Gasteiger partial charge in [0.25, 0.3) is 0 Å². The molecule has 5 aromatic carbocycles. The van der Waals surface area contributed by atoms with Crippen molar-refractivity contribution < 1.29 is 10.2 Å². The van der Waals surface area contributed by atoms with Gasteiger partial charge in [0.15, 0.2) is 0 Å². The summed E-state index contributed by atoms with van der Waals surface area (Å²) >= 11 is 0. The van der Waals surface area contributed by atoms with Crippen LogP contribution < -0.4 is 0 Å². The van der Waals surface area contributed by atoms with Crippen LogP contribution in [0.1, 0.15) is 0 Å². The molecule has 0 spiro atoms. The molecule has 6 nitrogen and oxygen atoms in total. The maximum atomic E-state index is 11.6. The summed E-state index contributed by atoms with van der Waals surface area (Å²) in [6.45, 7) is 0. The third-order valence-corrected chi connectivity index (χ3v) is 7.95. The monoisotopic (exact) mass is 542 g/mol. The molecule has 0 aliphatic heterocycles. The highest BCUT2D eigenvalue weighted by Crippen LogP contribution is 2.49. The number of rotatable bonds is 3. The largest absolute Gasteiger partial charge is 0.506 e. The zero-order chi connectivity index (χ0) is 28.2. The lowest BCUT2D eigenvalue weighted by atomic mass is 9.83. The number of nitrogens with zero attached hydrogens (tertiary/aromatic N) is 4. The molecule has 3 heterocycles. The number of aromatic hydroxyl groups is 2. The number of hydrogen-bond donors (Lipinski definition) is 2. The summed E-state index contributed by atoms with van der Waals surface area (Å²) in [5.41, 5.74) is 6.56. The smallest absolute Gasteiger partial charge is 0.149 e. The molecule has 2 N–H and O–H groups in total. The fourth-order valence-electron chi connectivity index (χ4n) is 6.09. The molecule has 0 aliphatic rings. The van der Waals surface area contributed by atoms with Crippen molar-refractivity contribution in [2.24, 2.45) is 0 Å². The molecule has 0 radical (unpaired) electrons. The Labute approximate surface area is 240 Å². The summed E-state index contributed by atoms with van der Waals surface area (Å²) in [6, 6.07) is 29.9. The zero-order valence-electron chi connectivity index (χ0n) is 22.2. The van der Waals surface area contributed by atoms with E-state index < -0.39 is 0 Å². The first-order valence-corrected chi connectivity index (χ1v) is 13.6. The second-order valence-electron chi connectivity index (χ2n) is 10.3. The average molecular weight is 543 g/mol. The van der Waals surface area contributed by atoms with Gasteiger partial charge in [0, 0.05) is 52.3 Å². The molecule has 8 rings (SSSR count). The number of fused-ring (bicyclic) bond motifs is 4. The van der Waals surface area contributed by atoms with Crippen LogP contribution in [0.3, 0.4) is 0 Å². The van der Waals surface area contributed by atoms with E-state index in [4.69, 9.17) is 0 Å². The summed E-state index contributed by atoms with van der Waals surface area (Å²) in [6.07, 6.45) is 8.50. The molecule has 0 bridgehead atoms. The summed E-state index contributed by atoms with van der Waals surface area (Å²) in [4.78, 5) is 17.5. The molecular weight excluding hydrogens is 520 g/mol. The van der Waals surface area contributed by atoms with Crippen LogP contribution in [0, 0.1) is 0 Å². The Kier molecular flexibility index (Phi) is 5.34. The van der Waals surface area contributed by atoms with Gasteiger partial charge in [-0.15, -0.1) is 0 Å². The van der Waals surface area contributed by atoms with Gasteiger partial charge < -0.3 is 10.2 Å². The summed E-state index contributed by atoms with van der Waals surface area (Å²) < 4.78 is 0. The lowest BCUT2D eigenvalue weighted by molar-refractivity contribution is 0.480.